The Morgan fingerprint density at radius 3 is 2.77 bits per heavy atom. The number of halogens is 1. The smallest absolute Gasteiger partial charge is 0.168 e. The van der Waals surface area contributed by atoms with Gasteiger partial charge in [-0.15, -0.1) is 0 Å². The molecule has 6 rings (SSSR count). The predicted molar refractivity (Wildman–Crippen MR) is 127 cm³/mol. The van der Waals surface area contributed by atoms with E-state index in [-0.39, 0.29) is 17.8 Å². The molecule has 2 unspecified atom stereocenters. The monoisotopic (exact) mass is 474 g/mol. The number of benzene rings is 1. The normalized spacial score (nSPS) is 22.3. The average Bonchev–Trinajstić information content (AvgIpc) is 3.62. The second kappa shape index (κ2) is 9.29. The van der Waals surface area contributed by atoms with E-state index < -0.39 is 0 Å². The Balaban J connectivity index is 1.21. The minimum absolute atomic E-state index is 0.226. The average molecular weight is 475 g/mol. The van der Waals surface area contributed by atoms with E-state index in [4.69, 9.17) is 14.6 Å². The molecule has 4 heterocycles. The molecule has 3 aromatic rings. The van der Waals surface area contributed by atoms with Crippen molar-refractivity contribution in [1.29, 1.82) is 5.26 Å². The summed E-state index contributed by atoms with van der Waals surface area (Å²) in [4.78, 5) is 4.40. The number of aromatic nitrogens is 3. The molecule has 2 aliphatic heterocycles. The molecule has 35 heavy (non-hydrogen) atoms. The summed E-state index contributed by atoms with van der Waals surface area (Å²) in [6.45, 7) is 2.07. The fourth-order valence-electron chi connectivity index (χ4n) is 4.73. The van der Waals surface area contributed by atoms with Crippen LogP contribution in [0, 0.1) is 23.1 Å². The molecule has 0 amide bonds. The molecule has 0 spiro atoms. The Morgan fingerprint density at radius 2 is 2.03 bits per heavy atom. The predicted octanol–water partition coefficient (Wildman–Crippen LogP) is 4.97. The summed E-state index contributed by atoms with van der Waals surface area (Å²) in [5, 5.41) is 20.5. The van der Waals surface area contributed by atoms with Gasteiger partial charge in [-0.3, -0.25) is 4.68 Å². The van der Waals surface area contributed by atoms with Crippen LogP contribution in [0.2, 0.25) is 0 Å². The highest BCUT2D eigenvalue weighted by Gasteiger charge is 2.33. The topological polar surface area (TPSA) is 97.0 Å². The van der Waals surface area contributed by atoms with Gasteiger partial charge in [-0.2, -0.15) is 10.4 Å². The summed E-state index contributed by atoms with van der Waals surface area (Å²) in [6.07, 6.45) is 7.89. The maximum atomic E-state index is 14.4. The molecule has 2 N–H and O–H groups in total. The molecule has 1 aliphatic carbocycles. The molecule has 2 saturated heterocycles. The third-order valence-electron chi connectivity index (χ3n) is 6.94. The molecule has 9 heteroatoms. The van der Waals surface area contributed by atoms with Crippen molar-refractivity contribution in [3.63, 3.8) is 0 Å². The van der Waals surface area contributed by atoms with E-state index in [2.05, 4.69) is 21.7 Å². The van der Waals surface area contributed by atoms with Gasteiger partial charge < -0.3 is 20.1 Å². The van der Waals surface area contributed by atoms with Gasteiger partial charge in [0.05, 0.1) is 30.3 Å². The fraction of sp³-hybridized carbons (Fsp3) is 0.423. The molecule has 3 aliphatic rings. The molecular formula is C26H27FN6O2. The van der Waals surface area contributed by atoms with Gasteiger partial charge >= 0.3 is 0 Å². The zero-order valence-electron chi connectivity index (χ0n) is 19.3. The van der Waals surface area contributed by atoms with Gasteiger partial charge in [0, 0.05) is 49.2 Å². The number of rotatable bonds is 7. The number of nitriles is 1. The SMILES string of the molecule is N#CC1CNC1c1cc(Nc2cc(Oc3cn(C4CC4)nc3C3CCOCC3)ccn2)ccc1F. The molecular weight excluding hydrogens is 447 g/mol. The lowest BCUT2D eigenvalue weighted by Gasteiger charge is -2.34. The highest BCUT2D eigenvalue weighted by atomic mass is 19.1. The molecule has 1 saturated carbocycles. The second-order valence-corrected chi connectivity index (χ2v) is 9.44. The van der Waals surface area contributed by atoms with Gasteiger partial charge in [0.1, 0.15) is 23.1 Å². The van der Waals surface area contributed by atoms with E-state index in [1.54, 1.807) is 18.3 Å². The lowest BCUT2D eigenvalue weighted by atomic mass is 9.87. The summed E-state index contributed by atoms with van der Waals surface area (Å²) < 4.78 is 28.3. The van der Waals surface area contributed by atoms with Crippen LogP contribution in [0.15, 0.2) is 42.7 Å². The Hall–Kier alpha value is -3.48. The largest absolute Gasteiger partial charge is 0.454 e. The van der Waals surface area contributed by atoms with Crippen molar-refractivity contribution in [3.8, 4) is 17.6 Å². The van der Waals surface area contributed by atoms with Crippen LogP contribution >= 0.6 is 0 Å². The first-order valence-electron chi connectivity index (χ1n) is 12.2. The number of ether oxygens (including phenoxy) is 2. The van der Waals surface area contributed by atoms with Crippen LogP contribution in [-0.4, -0.2) is 34.5 Å². The van der Waals surface area contributed by atoms with Crippen molar-refractivity contribution < 1.29 is 13.9 Å². The Morgan fingerprint density at radius 1 is 1.17 bits per heavy atom. The van der Waals surface area contributed by atoms with Crippen molar-refractivity contribution >= 4 is 11.5 Å². The maximum Gasteiger partial charge on any atom is 0.168 e. The highest BCUT2D eigenvalue weighted by molar-refractivity contribution is 5.59. The number of pyridine rings is 1. The summed E-state index contributed by atoms with van der Waals surface area (Å²) in [5.74, 6) is 1.79. The van der Waals surface area contributed by atoms with Crippen molar-refractivity contribution in [2.75, 3.05) is 25.1 Å². The van der Waals surface area contributed by atoms with Gasteiger partial charge in [0.2, 0.25) is 0 Å². The van der Waals surface area contributed by atoms with Gasteiger partial charge in [-0.1, -0.05) is 0 Å². The van der Waals surface area contributed by atoms with Gasteiger partial charge in [0.25, 0.3) is 0 Å². The summed E-state index contributed by atoms with van der Waals surface area (Å²) in [5.41, 5.74) is 2.17. The first-order chi connectivity index (χ1) is 17.2. The summed E-state index contributed by atoms with van der Waals surface area (Å²) in [7, 11) is 0. The summed E-state index contributed by atoms with van der Waals surface area (Å²) >= 11 is 0. The number of nitrogens with one attached hydrogen (secondary N) is 2. The minimum atomic E-state index is -0.327. The molecule has 2 atom stereocenters. The van der Waals surface area contributed by atoms with E-state index in [9.17, 15) is 9.65 Å². The van der Waals surface area contributed by atoms with Crippen molar-refractivity contribution in [2.24, 2.45) is 5.92 Å². The molecule has 0 radical (unpaired) electrons. The zero-order chi connectivity index (χ0) is 23.8. The van der Waals surface area contributed by atoms with E-state index in [0.29, 0.717) is 41.3 Å². The lowest BCUT2D eigenvalue weighted by molar-refractivity contribution is 0.0839. The summed E-state index contributed by atoms with van der Waals surface area (Å²) in [6, 6.07) is 10.9. The Labute approximate surface area is 203 Å². The van der Waals surface area contributed by atoms with E-state index in [1.807, 2.05) is 23.0 Å². The van der Waals surface area contributed by atoms with E-state index in [1.165, 1.54) is 6.07 Å². The van der Waals surface area contributed by atoms with Crippen LogP contribution < -0.4 is 15.4 Å². The van der Waals surface area contributed by atoms with Crippen LogP contribution in [0.3, 0.4) is 0 Å². The molecule has 0 bridgehead atoms. The van der Waals surface area contributed by atoms with Crippen molar-refractivity contribution in [2.45, 2.75) is 43.7 Å². The van der Waals surface area contributed by atoms with Gasteiger partial charge in [-0.25, -0.2) is 9.37 Å². The van der Waals surface area contributed by atoms with Crippen LogP contribution in [0.5, 0.6) is 11.5 Å². The lowest BCUT2D eigenvalue weighted by Crippen LogP contribution is -2.45. The van der Waals surface area contributed by atoms with Gasteiger partial charge in [0.15, 0.2) is 5.75 Å². The number of anilines is 2. The Kier molecular flexibility index (Phi) is 5.84. The zero-order valence-corrected chi connectivity index (χ0v) is 19.3. The van der Waals surface area contributed by atoms with Crippen molar-refractivity contribution in [3.05, 3.63) is 59.8 Å². The number of hydrogen-bond acceptors (Lipinski definition) is 7. The fourth-order valence-corrected chi connectivity index (χ4v) is 4.73. The van der Waals surface area contributed by atoms with E-state index in [0.717, 1.165) is 50.3 Å². The quantitative estimate of drug-likeness (QED) is 0.499. The standard InChI is InChI=1S/C26H27FN6O2/c27-22-4-1-18(11-21(22)25-17(13-28)14-30-25)31-24-12-20(5-8-29-24)35-23-15-33(19-2-3-19)32-26(23)16-6-9-34-10-7-16/h1,4-5,8,11-12,15-17,19,25,30H,2-3,6-7,9-10,14H2,(H,29,31). The molecule has 2 aromatic heterocycles. The Bertz CT molecular complexity index is 1260. The molecule has 180 valence electrons. The number of hydrogen-bond donors (Lipinski definition) is 2. The van der Waals surface area contributed by atoms with E-state index >= 15 is 0 Å². The van der Waals surface area contributed by atoms with Crippen LogP contribution in [0.1, 0.15) is 54.9 Å². The van der Waals surface area contributed by atoms with Crippen LogP contribution in [0.25, 0.3) is 0 Å². The molecule has 1 aromatic carbocycles. The molecule has 3 fully saturated rings. The first kappa shape index (κ1) is 22.0. The van der Waals surface area contributed by atoms with Gasteiger partial charge in [-0.05, 0) is 49.9 Å². The minimum Gasteiger partial charge on any atom is -0.454 e. The first-order valence-corrected chi connectivity index (χ1v) is 12.2. The molecule has 8 nitrogen and oxygen atoms in total. The maximum absolute atomic E-state index is 14.4. The highest BCUT2D eigenvalue weighted by Crippen LogP contribution is 2.41. The van der Waals surface area contributed by atoms with Crippen LogP contribution in [-0.2, 0) is 4.74 Å². The van der Waals surface area contributed by atoms with Crippen LogP contribution in [0.4, 0.5) is 15.9 Å². The second-order valence-electron chi connectivity index (χ2n) is 9.44. The number of nitrogens with zero attached hydrogens (tertiary/aromatic N) is 4. The third kappa shape index (κ3) is 4.59. The van der Waals surface area contributed by atoms with Crippen molar-refractivity contribution in [1.82, 2.24) is 20.1 Å². The third-order valence-corrected chi connectivity index (χ3v) is 6.94.